The summed E-state index contributed by atoms with van der Waals surface area (Å²) < 4.78 is 12.9. The molecule has 0 saturated heterocycles. The summed E-state index contributed by atoms with van der Waals surface area (Å²) in [6, 6.07) is 9.12. The highest BCUT2D eigenvalue weighted by Gasteiger charge is 2.15. The number of benzene rings is 1. The Morgan fingerprint density at radius 2 is 1.87 bits per heavy atom. The Hall–Kier alpha value is -2.17. The van der Waals surface area contributed by atoms with Crippen LogP contribution in [0.25, 0.3) is 0 Å². The predicted molar refractivity (Wildman–Crippen MR) is 91.2 cm³/mol. The Balaban J connectivity index is 1.56. The Kier molecular flexibility index (Phi) is 5.05. The summed E-state index contributed by atoms with van der Waals surface area (Å²) >= 11 is 0. The number of nitrogens with one attached hydrogen (secondary N) is 2. The van der Waals surface area contributed by atoms with Gasteiger partial charge in [0.15, 0.2) is 0 Å². The van der Waals surface area contributed by atoms with Gasteiger partial charge in [-0.15, -0.1) is 0 Å². The molecule has 1 fully saturated rings. The second-order valence-electron chi connectivity index (χ2n) is 6.15. The molecular formula is C18H23FN4. The van der Waals surface area contributed by atoms with Crippen LogP contribution in [-0.4, -0.2) is 22.6 Å². The van der Waals surface area contributed by atoms with Gasteiger partial charge in [-0.1, -0.05) is 25.0 Å². The molecule has 4 nitrogen and oxygen atoms in total. The van der Waals surface area contributed by atoms with Crippen LogP contribution in [0.3, 0.4) is 0 Å². The van der Waals surface area contributed by atoms with Gasteiger partial charge in [-0.05, 0) is 43.9 Å². The van der Waals surface area contributed by atoms with E-state index in [-0.39, 0.29) is 5.82 Å². The van der Waals surface area contributed by atoms with Crippen molar-refractivity contribution in [2.75, 3.05) is 17.2 Å². The molecule has 0 atom stereocenters. The summed E-state index contributed by atoms with van der Waals surface area (Å²) in [6.45, 7) is 2.70. The number of rotatable bonds is 6. The van der Waals surface area contributed by atoms with Crippen LogP contribution in [0.1, 0.15) is 36.9 Å². The van der Waals surface area contributed by atoms with Gasteiger partial charge in [-0.3, -0.25) is 0 Å². The first-order valence-corrected chi connectivity index (χ1v) is 8.29. The van der Waals surface area contributed by atoms with Crippen molar-refractivity contribution in [3.8, 4) is 0 Å². The molecule has 1 aliphatic carbocycles. The van der Waals surface area contributed by atoms with E-state index in [1.165, 1.54) is 37.8 Å². The first-order chi connectivity index (χ1) is 11.2. The fourth-order valence-electron chi connectivity index (χ4n) is 2.97. The summed E-state index contributed by atoms with van der Waals surface area (Å²) in [5.41, 5.74) is 2.04. The van der Waals surface area contributed by atoms with Gasteiger partial charge in [0.25, 0.3) is 0 Å². The van der Waals surface area contributed by atoms with E-state index in [1.807, 2.05) is 13.0 Å². The molecule has 1 aromatic carbocycles. The van der Waals surface area contributed by atoms with Crippen LogP contribution >= 0.6 is 0 Å². The van der Waals surface area contributed by atoms with Crippen LogP contribution in [0, 0.1) is 12.7 Å². The average Bonchev–Trinajstić information content (AvgIpc) is 3.02. The van der Waals surface area contributed by atoms with Gasteiger partial charge >= 0.3 is 0 Å². The lowest BCUT2D eigenvalue weighted by Crippen LogP contribution is -2.17. The summed E-state index contributed by atoms with van der Waals surface area (Å²) in [7, 11) is 0. The third kappa shape index (κ3) is 4.65. The average molecular weight is 314 g/mol. The van der Waals surface area contributed by atoms with E-state index in [1.54, 1.807) is 12.1 Å². The summed E-state index contributed by atoms with van der Waals surface area (Å²) in [5.74, 6) is 1.34. The molecule has 0 unspecified atom stereocenters. The van der Waals surface area contributed by atoms with Crippen LogP contribution in [0.2, 0.25) is 0 Å². The highest BCUT2D eigenvalue weighted by Crippen LogP contribution is 2.22. The van der Waals surface area contributed by atoms with Crippen molar-refractivity contribution in [3.63, 3.8) is 0 Å². The van der Waals surface area contributed by atoms with Crippen molar-refractivity contribution in [3.05, 3.63) is 47.4 Å². The van der Waals surface area contributed by atoms with E-state index in [0.29, 0.717) is 12.0 Å². The number of aryl methyl sites for hydroxylation is 1. The van der Waals surface area contributed by atoms with E-state index >= 15 is 0 Å². The topological polar surface area (TPSA) is 49.8 Å². The van der Waals surface area contributed by atoms with E-state index in [4.69, 9.17) is 0 Å². The van der Waals surface area contributed by atoms with Crippen LogP contribution in [0.4, 0.5) is 16.2 Å². The second-order valence-corrected chi connectivity index (χ2v) is 6.15. The van der Waals surface area contributed by atoms with Gasteiger partial charge in [-0.2, -0.15) is 4.98 Å². The Bertz CT molecular complexity index is 636. The molecule has 0 bridgehead atoms. The molecule has 0 aliphatic heterocycles. The molecule has 1 heterocycles. The van der Waals surface area contributed by atoms with Gasteiger partial charge < -0.3 is 10.6 Å². The zero-order chi connectivity index (χ0) is 16.1. The standard InChI is InChI=1S/C18H23FN4/c1-13-12-17(22-16-4-2-3-5-16)23-18(21-13)20-11-10-14-6-8-15(19)9-7-14/h6-9,12,16H,2-5,10-11H2,1H3,(H2,20,21,22,23). The van der Waals surface area contributed by atoms with E-state index in [2.05, 4.69) is 20.6 Å². The van der Waals surface area contributed by atoms with E-state index < -0.39 is 0 Å². The lowest BCUT2D eigenvalue weighted by atomic mass is 10.1. The van der Waals surface area contributed by atoms with Crippen LogP contribution in [0.5, 0.6) is 0 Å². The summed E-state index contributed by atoms with van der Waals surface area (Å²) in [4.78, 5) is 8.98. The Morgan fingerprint density at radius 1 is 1.13 bits per heavy atom. The number of anilines is 2. The molecule has 2 N–H and O–H groups in total. The molecule has 1 aliphatic rings. The molecule has 1 saturated carbocycles. The molecule has 0 radical (unpaired) electrons. The fourth-order valence-corrected chi connectivity index (χ4v) is 2.97. The summed E-state index contributed by atoms with van der Waals surface area (Å²) in [5, 5.41) is 6.76. The number of hydrogen-bond acceptors (Lipinski definition) is 4. The molecule has 122 valence electrons. The minimum Gasteiger partial charge on any atom is -0.367 e. The maximum Gasteiger partial charge on any atom is 0.224 e. The van der Waals surface area contributed by atoms with Gasteiger partial charge in [0.1, 0.15) is 11.6 Å². The van der Waals surface area contributed by atoms with Crippen molar-refractivity contribution < 1.29 is 4.39 Å². The molecule has 0 spiro atoms. The lowest BCUT2D eigenvalue weighted by molar-refractivity contribution is 0.627. The second kappa shape index (κ2) is 7.40. The minimum atomic E-state index is -0.202. The Morgan fingerprint density at radius 3 is 2.61 bits per heavy atom. The fraction of sp³-hybridized carbons (Fsp3) is 0.444. The van der Waals surface area contributed by atoms with E-state index in [0.717, 1.165) is 30.0 Å². The van der Waals surface area contributed by atoms with Gasteiger partial charge in [0, 0.05) is 24.3 Å². The van der Waals surface area contributed by atoms with Crippen molar-refractivity contribution in [1.29, 1.82) is 0 Å². The molecule has 3 rings (SSSR count). The van der Waals surface area contributed by atoms with Gasteiger partial charge in [0.05, 0.1) is 0 Å². The van der Waals surface area contributed by atoms with Crippen molar-refractivity contribution >= 4 is 11.8 Å². The third-order valence-electron chi connectivity index (χ3n) is 4.17. The van der Waals surface area contributed by atoms with Gasteiger partial charge in [0.2, 0.25) is 5.95 Å². The molecule has 2 aromatic rings. The molecule has 0 amide bonds. The predicted octanol–water partition coefficient (Wildman–Crippen LogP) is 3.93. The number of hydrogen-bond donors (Lipinski definition) is 2. The zero-order valence-corrected chi connectivity index (χ0v) is 13.5. The molecular weight excluding hydrogens is 291 g/mol. The van der Waals surface area contributed by atoms with Crippen LogP contribution < -0.4 is 10.6 Å². The lowest BCUT2D eigenvalue weighted by Gasteiger charge is -2.14. The van der Waals surface area contributed by atoms with Crippen LogP contribution in [0.15, 0.2) is 30.3 Å². The normalized spacial score (nSPS) is 14.9. The van der Waals surface area contributed by atoms with Crippen molar-refractivity contribution in [2.24, 2.45) is 0 Å². The highest BCUT2D eigenvalue weighted by molar-refractivity contribution is 5.43. The minimum absolute atomic E-state index is 0.202. The number of halogens is 1. The summed E-state index contributed by atoms with van der Waals surface area (Å²) in [6.07, 6.45) is 5.84. The van der Waals surface area contributed by atoms with Crippen molar-refractivity contribution in [2.45, 2.75) is 45.1 Å². The first-order valence-electron chi connectivity index (χ1n) is 8.29. The smallest absolute Gasteiger partial charge is 0.224 e. The largest absolute Gasteiger partial charge is 0.367 e. The number of aromatic nitrogens is 2. The van der Waals surface area contributed by atoms with Crippen molar-refractivity contribution in [1.82, 2.24) is 9.97 Å². The Labute approximate surface area is 136 Å². The maximum absolute atomic E-state index is 12.9. The highest BCUT2D eigenvalue weighted by atomic mass is 19.1. The molecule has 23 heavy (non-hydrogen) atoms. The quantitative estimate of drug-likeness (QED) is 0.848. The SMILES string of the molecule is Cc1cc(NC2CCCC2)nc(NCCc2ccc(F)cc2)n1. The van der Waals surface area contributed by atoms with E-state index in [9.17, 15) is 4.39 Å². The maximum atomic E-state index is 12.9. The zero-order valence-electron chi connectivity index (χ0n) is 13.5. The molecule has 1 aromatic heterocycles. The first kappa shape index (κ1) is 15.7. The third-order valence-corrected chi connectivity index (χ3v) is 4.17. The monoisotopic (exact) mass is 314 g/mol. The van der Waals surface area contributed by atoms with Gasteiger partial charge in [-0.25, -0.2) is 9.37 Å². The number of nitrogens with zero attached hydrogens (tertiary/aromatic N) is 2. The van der Waals surface area contributed by atoms with Crippen LogP contribution in [-0.2, 0) is 6.42 Å². The molecule has 5 heteroatoms.